The van der Waals surface area contributed by atoms with Crippen molar-refractivity contribution in [2.24, 2.45) is 0 Å². The molecule has 1 unspecified atom stereocenters. The topological polar surface area (TPSA) is 133 Å². The highest BCUT2D eigenvalue weighted by Crippen LogP contribution is 2.49. The number of aliphatic hydroxyl groups excluding tert-OH is 1. The summed E-state index contributed by atoms with van der Waals surface area (Å²) in [6.45, 7) is 2.74. The Balaban J connectivity index is 1.62. The number of carbonyl (C=O) groups excluding carboxylic acids is 1. The minimum Gasteiger partial charge on any atom is -0.462 e. The average molecular weight is 645 g/mol. The number of hydrogen-bond donors (Lipinski definition) is 2. The van der Waals surface area contributed by atoms with Crippen molar-refractivity contribution in [2.45, 2.75) is 63.9 Å². The van der Waals surface area contributed by atoms with Gasteiger partial charge in [0.05, 0.1) is 24.9 Å². The second-order valence-corrected chi connectivity index (χ2v) is 13.8. The predicted molar refractivity (Wildman–Crippen MR) is 160 cm³/mol. The van der Waals surface area contributed by atoms with Gasteiger partial charge < -0.3 is 28.5 Å². The summed E-state index contributed by atoms with van der Waals surface area (Å²) in [5.74, 6) is 0.466. The van der Waals surface area contributed by atoms with Crippen molar-refractivity contribution < 1.29 is 32.8 Å². The summed E-state index contributed by atoms with van der Waals surface area (Å²) in [4.78, 5) is 27.6. The predicted octanol–water partition coefficient (Wildman–Crippen LogP) is 3.66. The fourth-order valence-electron chi connectivity index (χ4n) is 4.33. The maximum Gasteiger partial charge on any atom is 0.323 e. The minimum atomic E-state index is -3.53. The highest BCUT2D eigenvalue weighted by molar-refractivity contribution is 8.09. The largest absolute Gasteiger partial charge is 0.462 e. The van der Waals surface area contributed by atoms with Crippen LogP contribution < -0.4 is 14.5 Å². The summed E-state index contributed by atoms with van der Waals surface area (Å²) in [7, 11) is 3.62. The lowest BCUT2D eigenvalue weighted by Gasteiger charge is -2.33. The van der Waals surface area contributed by atoms with E-state index in [9.17, 15) is 9.90 Å². The van der Waals surface area contributed by atoms with E-state index in [2.05, 4.69) is 20.0 Å². The maximum absolute atomic E-state index is 15.8. The summed E-state index contributed by atoms with van der Waals surface area (Å²) in [5, 5.41) is 14.0. The number of aromatic nitrogens is 4. The third-order valence-corrected chi connectivity index (χ3v) is 9.34. The summed E-state index contributed by atoms with van der Waals surface area (Å²) >= 11 is 12.1. The number of nitrogens with zero attached hydrogens (tertiary/aromatic N) is 5. The Kier molecular flexibility index (Phi) is 10.1. The van der Waals surface area contributed by atoms with E-state index in [0.717, 1.165) is 0 Å². The molecular weight excluding hydrogens is 610 g/mol. The quantitative estimate of drug-likeness (QED) is 0.169. The van der Waals surface area contributed by atoms with E-state index in [0.29, 0.717) is 28.6 Å². The molecule has 0 aliphatic carbocycles. The summed E-state index contributed by atoms with van der Waals surface area (Å²) < 4.78 is 40.7. The number of alkyl halides is 2. The molecule has 42 heavy (non-hydrogen) atoms. The molecule has 0 radical (unpaired) electrons. The number of para-hydroxylation sites is 1. The average Bonchev–Trinajstić information content (AvgIpc) is 3.45. The molecule has 1 aromatic carbocycles. The van der Waals surface area contributed by atoms with Crippen LogP contribution in [-0.2, 0) is 30.6 Å². The molecule has 12 nitrogen and oxygen atoms in total. The molecule has 4 rings (SSSR count). The van der Waals surface area contributed by atoms with E-state index in [-0.39, 0.29) is 12.0 Å². The molecule has 0 spiro atoms. The lowest BCUT2D eigenvalue weighted by Crippen LogP contribution is -2.48. The van der Waals surface area contributed by atoms with Gasteiger partial charge in [-0.1, -0.05) is 18.2 Å². The molecule has 1 aliphatic heterocycles. The number of esters is 1. The molecule has 1 aliphatic rings. The maximum atomic E-state index is 15.8. The zero-order valence-corrected chi connectivity index (χ0v) is 26.6. The van der Waals surface area contributed by atoms with Gasteiger partial charge in [-0.2, -0.15) is 0 Å². The standard InChI is InChI=1S/C26H35ClFN6O6PS/c1-15(2)38-25(36)16(3)32-41(42,40-18-10-8-7-9-11-18)37-13-26(12-27)21(35)19(28)24(39-26)34-14-29-20-22(33(5)6)30-17(4)31-23(20)34/h7-11,14-16,19,21,24,35H,12-13H2,1-6H3,(H,32,42)/t16-,19-,21+,24-,26-,41?/m1/s1. The number of hydrogen-bond acceptors (Lipinski definition) is 11. The van der Waals surface area contributed by atoms with Crippen LogP contribution in [0.5, 0.6) is 5.75 Å². The van der Waals surface area contributed by atoms with Crippen molar-refractivity contribution in [2.75, 3.05) is 31.5 Å². The van der Waals surface area contributed by atoms with Crippen molar-refractivity contribution in [1.82, 2.24) is 24.6 Å². The number of rotatable bonds is 12. The molecular formula is C26H35ClFN6O6PS. The molecule has 2 aromatic heterocycles. The van der Waals surface area contributed by atoms with Gasteiger partial charge in [0.1, 0.15) is 29.3 Å². The van der Waals surface area contributed by atoms with Crippen molar-refractivity contribution >= 4 is 53.0 Å². The molecule has 16 heteroatoms. The van der Waals surface area contributed by atoms with E-state index < -0.39 is 49.4 Å². The van der Waals surface area contributed by atoms with Gasteiger partial charge in [0, 0.05) is 14.1 Å². The van der Waals surface area contributed by atoms with Crippen molar-refractivity contribution in [3.63, 3.8) is 0 Å². The van der Waals surface area contributed by atoms with Gasteiger partial charge in [-0.3, -0.25) is 9.36 Å². The number of carbonyl (C=O) groups is 1. The molecule has 0 amide bonds. The Labute approximate surface area is 253 Å². The van der Waals surface area contributed by atoms with Crippen LogP contribution in [0.25, 0.3) is 11.2 Å². The Morgan fingerprint density at radius 2 is 2.00 bits per heavy atom. The number of fused-ring (bicyclic) bond motifs is 1. The molecule has 3 aromatic rings. The van der Waals surface area contributed by atoms with Crippen molar-refractivity contribution in [3.05, 3.63) is 42.5 Å². The molecule has 1 fully saturated rings. The fourth-order valence-corrected chi connectivity index (χ4v) is 7.07. The minimum absolute atomic E-state index is 0.328. The normalized spacial score (nSPS) is 24.5. The van der Waals surface area contributed by atoms with Crippen LogP contribution in [0.1, 0.15) is 32.8 Å². The van der Waals surface area contributed by atoms with Gasteiger partial charge >= 0.3 is 12.6 Å². The third-order valence-electron chi connectivity index (χ3n) is 6.41. The second-order valence-electron chi connectivity index (χ2n) is 10.4. The van der Waals surface area contributed by atoms with Gasteiger partial charge in [0.25, 0.3) is 0 Å². The number of ether oxygens (including phenoxy) is 2. The van der Waals surface area contributed by atoms with E-state index in [1.807, 2.05) is 14.1 Å². The first kappa shape index (κ1) is 32.5. The lowest BCUT2D eigenvalue weighted by molar-refractivity contribution is -0.149. The van der Waals surface area contributed by atoms with Gasteiger partial charge in [0.2, 0.25) is 0 Å². The lowest BCUT2D eigenvalue weighted by atomic mass is 9.99. The number of benzene rings is 1. The molecule has 6 atom stereocenters. The Morgan fingerprint density at radius 3 is 2.62 bits per heavy atom. The van der Waals surface area contributed by atoms with E-state index in [4.69, 9.17) is 41.9 Å². The number of anilines is 1. The Bertz CT molecular complexity index is 1450. The number of halogens is 2. The molecule has 0 bridgehead atoms. The summed E-state index contributed by atoms with van der Waals surface area (Å²) in [6.07, 6.45) is -3.94. The van der Waals surface area contributed by atoms with Crippen LogP contribution in [0.4, 0.5) is 10.2 Å². The van der Waals surface area contributed by atoms with Gasteiger partial charge in [-0.05, 0) is 51.6 Å². The smallest absolute Gasteiger partial charge is 0.323 e. The van der Waals surface area contributed by atoms with Gasteiger partial charge in [-0.25, -0.2) is 24.4 Å². The highest BCUT2D eigenvalue weighted by Gasteiger charge is 2.57. The first-order valence-corrected chi connectivity index (χ1v) is 16.4. The SMILES string of the molecule is Cc1nc(N(C)C)c2ncn([C@@H]3O[C@](CCl)(COP(=S)(N[C@H](C)C(=O)OC(C)C)Oc4ccccc4)[C@@H](O)[C@H]3F)c2n1. The van der Waals surface area contributed by atoms with Crippen LogP contribution in [0.15, 0.2) is 36.7 Å². The van der Waals surface area contributed by atoms with Crippen LogP contribution in [0, 0.1) is 6.92 Å². The Morgan fingerprint density at radius 1 is 1.31 bits per heavy atom. The number of nitrogens with one attached hydrogen (secondary N) is 1. The van der Waals surface area contributed by atoms with Crippen molar-refractivity contribution in [3.8, 4) is 5.75 Å². The second kappa shape index (κ2) is 13.0. The van der Waals surface area contributed by atoms with Crippen LogP contribution in [0.3, 0.4) is 0 Å². The zero-order valence-electron chi connectivity index (χ0n) is 24.1. The molecule has 0 saturated carbocycles. The molecule has 230 valence electrons. The molecule has 2 N–H and O–H groups in total. The van der Waals surface area contributed by atoms with Crippen LogP contribution >= 0.6 is 18.2 Å². The van der Waals surface area contributed by atoms with Gasteiger partial charge in [-0.15, -0.1) is 11.6 Å². The first-order valence-electron chi connectivity index (χ1n) is 13.2. The van der Waals surface area contributed by atoms with E-state index in [1.54, 1.807) is 62.9 Å². The monoisotopic (exact) mass is 644 g/mol. The van der Waals surface area contributed by atoms with E-state index in [1.165, 1.54) is 10.9 Å². The van der Waals surface area contributed by atoms with Crippen molar-refractivity contribution in [1.29, 1.82) is 0 Å². The third kappa shape index (κ3) is 6.85. The van der Waals surface area contributed by atoms with Crippen LogP contribution in [0.2, 0.25) is 0 Å². The van der Waals surface area contributed by atoms with Gasteiger partial charge in [0.15, 0.2) is 29.4 Å². The number of aliphatic hydroxyl groups is 1. The summed E-state index contributed by atoms with van der Waals surface area (Å²) in [6, 6.07) is 7.73. The summed E-state index contributed by atoms with van der Waals surface area (Å²) in [5.41, 5.74) is -0.968. The zero-order chi connectivity index (χ0) is 30.8. The highest BCUT2D eigenvalue weighted by atomic mass is 35.5. The van der Waals surface area contributed by atoms with Crippen LogP contribution in [-0.4, -0.2) is 87.2 Å². The van der Waals surface area contributed by atoms with E-state index >= 15 is 4.39 Å². The Hall–Kier alpha value is -2.45. The fraction of sp³-hybridized carbons (Fsp3) is 0.538. The number of imidazole rings is 1. The molecule has 3 heterocycles. The first-order chi connectivity index (χ1) is 19.8. The molecule has 1 saturated heterocycles. The number of aryl methyl sites for hydroxylation is 1.